The van der Waals surface area contributed by atoms with E-state index in [0.717, 1.165) is 11.3 Å². The zero-order valence-electron chi connectivity index (χ0n) is 10.2. The lowest BCUT2D eigenvalue weighted by Crippen LogP contribution is -2.25. The number of amides is 1. The van der Waals surface area contributed by atoms with E-state index in [2.05, 4.69) is 17.4 Å². The number of furan rings is 1. The summed E-state index contributed by atoms with van der Waals surface area (Å²) in [7, 11) is 0. The van der Waals surface area contributed by atoms with Gasteiger partial charge in [0.25, 0.3) is 5.91 Å². The summed E-state index contributed by atoms with van der Waals surface area (Å²) in [6.07, 6.45) is 1.53. The predicted molar refractivity (Wildman–Crippen MR) is 72.9 cm³/mol. The smallest absolute Gasteiger partial charge is 0.287 e. The molecular weight excluding hydrogens is 246 g/mol. The van der Waals surface area contributed by atoms with Crippen molar-refractivity contribution in [2.45, 2.75) is 11.8 Å². The Kier molecular flexibility index (Phi) is 4.47. The minimum atomic E-state index is -0.147. The van der Waals surface area contributed by atoms with Crippen molar-refractivity contribution >= 4 is 17.7 Å². The molecule has 3 nitrogen and oxygen atoms in total. The molecule has 0 saturated carbocycles. The van der Waals surface area contributed by atoms with E-state index in [1.54, 1.807) is 17.8 Å². The van der Waals surface area contributed by atoms with Gasteiger partial charge in [0.15, 0.2) is 5.76 Å². The summed E-state index contributed by atoms with van der Waals surface area (Å²) in [6, 6.07) is 11.9. The first-order chi connectivity index (χ1) is 8.77. The molecule has 0 atom stereocenters. The lowest BCUT2D eigenvalue weighted by Gasteiger charge is -2.04. The average molecular weight is 261 g/mol. The van der Waals surface area contributed by atoms with Crippen LogP contribution < -0.4 is 5.32 Å². The van der Waals surface area contributed by atoms with E-state index in [-0.39, 0.29) is 5.91 Å². The van der Waals surface area contributed by atoms with E-state index >= 15 is 0 Å². The average Bonchev–Trinajstić information content (AvgIpc) is 2.82. The maximum Gasteiger partial charge on any atom is 0.287 e. The lowest BCUT2D eigenvalue weighted by atomic mass is 10.3. The van der Waals surface area contributed by atoms with Crippen LogP contribution in [0.1, 0.15) is 16.1 Å². The third kappa shape index (κ3) is 3.40. The molecule has 0 fully saturated rings. The fraction of sp³-hybridized carbons (Fsp3) is 0.214. The van der Waals surface area contributed by atoms with Crippen molar-refractivity contribution in [3.63, 3.8) is 0 Å². The Balaban J connectivity index is 1.73. The first-order valence-corrected chi connectivity index (χ1v) is 6.76. The van der Waals surface area contributed by atoms with E-state index in [0.29, 0.717) is 12.3 Å². The van der Waals surface area contributed by atoms with Gasteiger partial charge in [0.05, 0.1) is 6.26 Å². The van der Waals surface area contributed by atoms with Gasteiger partial charge in [0, 0.05) is 22.8 Å². The Hall–Kier alpha value is -1.68. The van der Waals surface area contributed by atoms with E-state index in [4.69, 9.17) is 4.42 Å². The standard InChI is InChI=1S/C14H15NO2S/c1-11-7-9-17-13(11)14(16)15-8-10-18-12-5-3-2-4-6-12/h2-7,9H,8,10H2,1H3,(H,15,16). The van der Waals surface area contributed by atoms with Crippen molar-refractivity contribution < 1.29 is 9.21 Å². The molecule has 0 bridgehead atoms. The highest BCUT2D eigenvalue weighted by atomic mass is 32.2. The van der Waals surface area contributed by atoms with Crippen LogP contribution in [0.15, 0.2) is 52.0 Å². The molecule has 0 aliphatic carbocycles. The molecule has 0 radical (unpaired) electrons. The molecule has 4 heteroatoms. The minimum absolute atomic E-state index is 0.147. The summed E-state index contributed by atoms with van der Waals surface area (Å²) in [5.41, 5.74) is 0.864. The maximum atomic E-state index is 11.7. The third-order valence-corrected chi connectivity index (χ3v) is 3.48. The summed E-state index contributed by atoms with van der Waals surface area (Å²) in [6.45, 7) is 2.48. The second-order valence-electron chi connectivity index (χ2n) is 3.85. The highest BCUT2D eigenvalue weighted by molar-refractivity contribution is 7.99. The Morgan fingerprint density at radius 3 is 2.72 bits per heavy atom. The van der Waals surface area contributed by atoms with E-state index in [9.17, 15) is 4.79 Å². The third-order valence-electron chi connectivity index (χ3n) is 2.47. The van der Waals surface area contributed by atoms with Gasteiger partial charge in [-0.3, -0.25) is 4.79 Å². The van der Waals surface area contributed by atoms with Crippen LogP contribution in [0.3, 0.4) is 0 Å². The first kappa shape index (κ1) is 12.8. The van der Waals surface area contributed by atoms with Gasteiger partial charge in [-0.25, -0.2) is 0 Å². The van der Waals surface area contributed by atoms with E-state index in [1.165, 1.54) is 11.2 Å². The molecule has 0 saturated heterocycles. The second-order valence-corrected chi connectivity index (χ2v) is 5.02. The second kappa shape index (κ2) is 6.31. The Morgan fingerprint density at radius 1 is 1.28 bits per heavy atom. The largest absolute Gasteiger partial charge is 0.459 e. The van der Waals surface area contributed by atoms with E-state index in [1.807, 2.05) is 25.1 Å². The first-order valence-electron chi connectivity index (χ1n) is 5.77. The number of benzene rings is 1. The van der Waals surface area contributed by atoms with Crippen LogP contribution in [0.25, 0.3) is 0 Å². The summed E-state index contributed by atoms with van der Waals surface area (Å²) < 4.78 is 5.12. The number of carbonyl (C=O) groups excluding carboxylic acids is 1. The Labute approximate surface area is 111 Å². The van der Waals surface area contributed by atoms with Crippen molar-refractivity contribution in [2.75, 3.05) is 12.3 Å². The van der Waals surface area contributed by atoms with Crippen LogP contribution in [0, 0.1) is 6.92 Å². The van der Waals surface area contributed by atoms with Crippen molar-refractivity contribution in [3.8, 4) is 0 Å². The molecule has 0 aliphatic heterocycles. The quantitative estimate of drug-likeness (QED) is 0.664. The SMILES string of the molecule is Cc1ccoc1C(=O)NCCSc1ccccc1. The summed E-state index contributed by atoms with van der Waals surface area (Å²) in [5, 5.41) is 2.84. The van der Waals surface area contributed by atoms with Crippen molar-refractivity contribution in [1.29, 1.82) is 0 Å². The number of aryl methyl sites for hydroxylation is 1. The molecule has 2 rings (SSSR count). The van der Waals surface area contributed by atoms with Crippen LogP contribution in [-0.4, -0.2) is 18.2 Å². The van der Waals surface area contributed by atoms with Gasteiger partial charge in [-0.2, -0.15) is 0 Å². The molecular formula is C14H15NO2S. The van der Waals surface area contributed by atoms with Gasteiger partial charge in [-0.05, 0) is 25.1 Å². The molecule has 0 spiro atoms. The van der Waals surface area contributed by atoms with Gasteiger partial charge >= 0.3 is 0 Å². The molecule has 1 aromatic carbocycles. The van der Waals surface area contributed by atoms with Crippen molar-refractivity contribution in [3.05, 3.63) is 54.0 Å². The zero-order chi connectivity index (χ0) is 12.8. The van der Waals surface area contributed by atoms with Crippen LogP contribution in [0.2, 0.25) is 0 Å². The normalized spacial score (nSPS) is 10.3. The van der Waals surface area contributed by atoms with Gasteiger partial charge < -0.3 is 9.73 Å². The summed E-state index contributed by atoms with van der Waals surface area (Å²) in [4.78, 5) is 12.9. The number of rotatable bonds is 5. The number of hydrogen-bond acceptors (Lipinski definition) is 3. The maximum absolute atomic E-state index is 11.7. The molecule has 2 aromatic rings. The molecule has 1 amide bonds. The summed E-state index contributed by atoms with van der Waals surface area (Å²) >= 11 is 1.72. The van der Waals surface area contributed by atoms with E-state index < -0.39 is 0 Å². The van der Waals surface area contributed by atoms with Gasteiger partial charge in [0.1, 0.15) is 0 Å². The monoisotopic (exact) mass is 261 g/mol. The molecule has 0 unspecified atom stereocenters. The topological polar surface area (TPSA) is 42.2 Å². The minimum Gasteiger partial charge on any atom is -0.459 e. The molecule has 1 N–H and O–H groups in total. The fourth-order valence-electron chi connectivity index (χ4n) is 1.54. The lowest BCUT2D eigenvalue weighted by molar-refractivity contribution is 0.0927. The molecule has 1 aromatic heterocycles. The highest BCUT2D eigenvalue weighted by Crippen LogP contribution is 2.16. The van der Waals surface area contributed by atoms with Crippen LogP contribution in [-0.2, 0) is 0 Å². The Bertz CT molecular complexity index is 508. The van der Waals surface area contributed by atoms with Crippen molar-refractivity contribution in [1.82, 2.24) is 5.32 Å². The van der Waals surface area contributed by atoms with Crippen LogP contribution in [0.4, 0.5) is 0 Å². The van der Waals surface area contributed by atoms with Crippen molar-refractivity contribution in [2.24, 2.45) is 0 Å². The molecule has 94 valence electrons. The van der Waals surface area contributed by atoms with Gasteiger partial charge in [0.2, 0.25) is 0 Å². The number of hydrogen-bond donors (Lipinski definition) is 1. The fourth-order valence-corrected chi connectivity index (χ4v) is 2.33. The molecule has 0 aliphatic rings. The highest BCUT2D eigenvalue weighted by Gasteiger charge is 2.11. The predicted octanol–water partition coefficient (Wildman–Crippen LogP) is 3.11. The number of thioether (sulfide) groups is 1. The number of carbonyl (C=O) groups is 1. The van der Waals surface area contributed by atoms with Gasteiger partial charge in [-0.1, -0.05) is 18.2 Å². The number of nitrogens with one attached hydrogen (secondary N) is 1. The zero-order valence-corrected chi connectivity index (χ0v) is 11.0. The molecule has 18 heavy (non-hydrogen) atoms. The summed E-state index contributed by atoms with van der Waals surface area (Å²) in [5.74, 6) is 1.10. The van der Waals surface area contributed by atoms with Gasteiger partial charge in [-0.15, -0.1) is 11.8 Å². The Morgan fingerprint density at radius 2 is 2.06 bits per heavy atom. The van der Waals surface area contributed by atoms with Crippen LogP contribution >= 0.6 is 11.8 Å². The molecule has 1 heterocycles. The van der Waals surface area contributed by atoms with Crippen LogP contribution in [0.5, 0.6) is 0 Å².